The Morgan fingerprint density at radius 1 is 1.14 bits per heavy atom. The monoisotopic (exact) mass is 361 g/mol. The van der Waals surface area contributed by atoms with Crippen LogP contribution >= 0.6 is 15.9 Å². The number of carbonyl (C=O) groups is 2. The van der Waals surface area contributed by atoms with Crippen LogP contribution in [0.4, 0.5) is 5.69 Å². The lowest BCUT2D eigenvalue weighted by atomic mass is 9.62. The van der Waals surface area contributed by atoms with Gasteiger partial charge < -0.3 is 10.4 Å². The van der Waals surface area contributed by atoms with Crippen molar-refractivity contribution >= 4 is 33.5 Å². The van der Waals surface area contributed by atoms with Crippen LogP contribution in [0.1, 0.15) is 6.42 Å². The number of halogens is 1. The van der Waals surface area contributed by atoms with Crippen molar-refractivity contribution < 1.29 is 14.7 Å². The summed E-state index contributed by atoms with van der Waals surface area (Å²) < 4.78 is 0.882. The maximum Gasteiger partial charge on any atom is 0.307 e. The second kappa shape index (κ2) is 4.95. The summed E-state index contributed by atoms with van der Waals surface area (Å²) in [7, 11) is 0. The normalized spacial score (nSPS) is 37.5. The summed E-state index contributed by atoms with van der Waals surface area (Å²) >= 11 is 3.38. The SMILES string of the molecule is O=C(O)[C@H]1[C@@H]2C=C[C@H]([C@H]3C[C@H]23)[C@@H]1C(=O)Nc1cccc(Br)c1. The molecule has 0 saturated heterocycles. The van der Waals surface area contributed by atoms with E-state index < -0.39 is 17.8 Å². The predicted molar refractivity (Wildman–Crippen MR) is 85.1 cm³/mol. The average Bonchev–Trinajstić information content (AvgIpc) is 3.28. The van der Waals surface area contributed by atoms with Gasteiger partial charge in [-0.25, -0.2) is 0 Å². The molecule has 4 aliphatic carbocycles. The number of nitrogens with one attached hydrogen (secondary N) is 1. The lowest BCUT2D eigenvalue weighted by Crippen LogP contribution is -2.48. The van der Waals surface area contributed by atoms with Gasteiger partial charge in [0.05, 0.1) is 11.8 Å². The molecular formula is C17H16BrNO3. The number of anilines is 1. The first-order valence-corrected chi connectivity index (χ1v) is 8.33. The summed E-state index contributed by atoms with van der Waals surface area (Å²) in [6.07, 6.45) is 5.16. The number of hydrogen-bond donors (Lipinski definition) is 2. The molecule has 2 N–H and O–H groups in total. The molecule has 0 unspecified atom stereocenters. The lowest BCUT2D eigenvalue weighted by Gasteiger charge is -2.41. The Morgan fingerprint density at radius 2 is 1.82 bits per heavy atom. The zero-order valence-electron chi connectivity index (χ0n) is 11.8. The van der Waals surface area contributed by atoms with Crippen LogP contribution in [0.5, 0.6) is 0 Å². The zero-order chi connectivity index (χ0) is 15.4. The van der Waals surface area contributed by atoms with E-state index in [4.69, 9.17) is 0 Å². The number of aliphatic carboxylic acids is 1. The maximum atomic E-state index is 12.7. The summed E-state index contributed by atoms with van der Waals surface area (Å²) in [6.45, 7) is 0. The van der Waals surface area contributed by atoms with Gasteiger partial charge in [0.1, 0.15) is 0 Å². The van der Waals surface area contributed by atoms with Crippen LogP contribution in [0.25, 0.3) is 0 Å². The molecule has 114 valence electrons. The Kier molecular flexibility index (Phi) is 3.15. The number of carbonyl (C=O) groups excluding carboxylic acids is 1. The van der Waals surface area contributed by atoms with Gasteiger partial charge in [0.25, 0.3) is 0 Å². The van der Waals surface area contributed by atoms with Gasteiger partial charge in [0.15, 0.2) is 0 Å². The number of hydrogen-bond acceptors (Lipinski definition) is 2. The van der Waals surface area contributed by atoms with Crippen molar-refractivity contribution in [3.63, 3.8) is 0 Å². The molecule has 2 saturated carbocycles. The fourth-order valence-electron chi connectivity index (χ4n) is 4.36. The van der Waals surface area contributed by atoms with Crippen molar-refractivity contribution in [2.24, 2.45) is 35.5 Å². The number of benzene rings is 1. The van der Waals surface area contributed by atoms with Crippen molar-refractivity contribution in [1.29, 1.82) is 0 Å². The Bertz CT molecular complexity index is 686. The minimum absolute atomic E-state index is 0.0192. The average molecular weight is 362 g/mol. The number of amides is 1. The molecule has 0 aromatic heterocycles. The minimum Gasteiger partial charge on any atom is -0.481 e. The van der Waals surface area contributed by atoms with Crippen LogP contribution in [0.15, 0.2) is 40.9 Å². The van der Waals surface area contributed by atoms with Crippen molar-refractivity contribution in [1.82, 2.24) is 0 Å². The molecule has 0 heterocycles. The Hall–Kier alpha value is -1.62. The third-order valence-electron chi connectivity index (χ3n) is 5.33. The van der Waals surface area contributed by atoms with Gasteiger partial charge in [-0.15, -0.1) is 0 Å². The van der Waals surface area contributed by atoms with E-state index in [0.29, 0.717) is 17.5 Å². The summed E-state index contributed by atoms with van der Waals surface area (Å²) in [5.74, 6) is -1.00. The molecular weight excluding hydrogens is 346 g/mol. The molecule has 2 fully saturated rings. The zero-order valence-corrected chi connectivity index (χ0v) is 13.4. The summed E-state index contributed by atoms with van der Waals surface area (Å²) in [5, 5.41) is 12.5. The molecule has 0 aliphatic heterocycles. The molecule has 1 amide bonds. The standard InChI is InChI=1S/C17H16BrNO3/c18-8-2-1-3-9(6-8)19-16(20)14-10-4-5-11(13-7-12(10)13)15(14)17(21)22/h1-6,10-15H,7H2,(H,19,20)(H,21,22)/t10-,11-,12-,13-,14+,15+/m1/s1. The van der Waals surface area contributed by atoms with Crippen LogP contribution in [0.2, 0.25) is 0 Å². The minimum atomic E-state index is -0.848. The molecule has 22 heavy (non-hydrogen) atoms. The largest absolute Gasteiger partial charge is 0.481 e. The highest BCUT2D eigenvalue weighted by atomic mass is 79.9. The summed E-state index contributed by atoms with van der Waals surface area (Å²) in [6, 6.07) is 7.37. The third-order valence-corrected chi connectivity index (χ3v) is 5.83. The molecule has 4 nitrogen and oxygen atoms in total. The van der Waals surface area contributed by atoms with E-state index in [1.165, 1.54) is 0 Å². The predicted octanol–water partition coefficient (Wildman–Crippen LogP) is 3.16. The van der Waals surface area contributed by atoms with E-state index >= 15 is 0 Å². The van der Waals surface area contributed by atoms with Crippen LogP contribution in [0.3, 0.4) is 0 Å². The quantitative estimate of drug-likeness (QED) is 0.812. The summed E-state index contributed by atoms with van der Waals surface area (Å²) in [5.41, 5.74) is 0.696. The first kappa shape index (κ1) is 14.0. The molecule has 5 rings (SSSR count). The van der Waals surface area contributed by atoms with Gasteiger partial charge in [-0.1, -0.05) is 34.1 Å². The van der Waals surface area contributed by atoms with E-state index in [0.717, 1.165) is 10.9 Å². The Labute approximate surface area is 136 Å². The lowest BCUT2D eigenvalue weighted by molar-refractivity contribution is -0.152. The van der Waals surface area contributed by atoms with E-state index in [9.17, 15) is 14.7 Å². The Balaban J connectivity index is 1.61. The fraction of sp³-hybridized carbons (Fsp3) is 0.412. The van der Waals surface area contributed by atoms with Crippen molar-refractivity contribution in [3.05, 3.63) is 40.9 Å². The van der Waals surface area contributed by atoms with Crippen LogP contribution in [0, 0.1) is 35.5 Å². The van der Waals surface area contributed by atoms with Crippen LogP contribution in [-0.4, -0.2) is 17.0 Å². The molecule has 5 heteroatoms. The molecule has 0 radical (unpaired) electrons. The first-order valence-electron chi connectivity index (χ1n) is 7.54. The molecule has 1 aromatic carbocycles. The highest BCUT2D eigenvalue weighted by Crippen LogP contribution is 2.63. The fourth-order valence-corrected chi connectivity index (χ4v) is 4.76. The number of carboxylic acid groups (broad SMARTS) is 1. The first-order chi connectivity index (χ1) is 10.6. The van der Waals surface area contributed by atoms with Crippen molar-refractivity contribution in [3.8, 4) is 0 Å². The number of fused-ring (bicyclic) bond motifs is 1. The van der Waals surface area contributed by atoms with Gasteiger partial charge in [-0.05, 0) is 48.3 Å². The molecule has 2 bridgehead atoms. The molecule has 6 atom stereocenters. The van der Waals surface area contributed by atoms with E-state index in [1.54, 1.807) is 0 Å². The van der Waals surface area contributed by atoms with E-state index in [-0.39, 0.29) is 17.7 Å². The molecule has 0 spiro atoms. The highest BCUT2D eigenvalue weighted by Gasteiger charge is 2.62. The maximum absolute atomic E-state index is 12.7. The van der Waals surface area contributed by atoms with Crippen molar-refractivity contribution in [2.75, 3.05) is 5.32 Å². The summed E-state index contributed by atoms with van der Waals surface area (Å²) in [4.78, 5) is 24.4. The van der Waals surface area contributed by atoms with Gasteiger partial charge in [0.2, 0.25) is 5.91 Å². The van der Waals surface area contributed by atoms with Crippen molar-refractivity contribution in [2.45, 2.75) is 6.42 Å². The topological polar surface area (TPSA) is 66.4 Å². The van der Waals surface area contributed by atoms with Gasteiger partial charge in [0, 0.05) is 10.2 Å². The highest BCUT2D eigenvalue weighted by molar-refractivity contribution is 9.10. The molecule has 4 aliphatic rings. The smallest absolute Gasteiger partial charge is 0.307 e. The van der Waals surface area contributed by atoms with Gasteiger partial charge in [-0.3, -0.25) is 9.59 Å². The van der Waals surface area contributed by atoms with E-state index in [1.807, 2.05) is 30.3 Å². The number of allylic oxidation sites excluding steroid dienone is 2. The van der Waals surface area contributed by atoms with Gasteiger partial charge >= 0.3 is 5.97 Å². The number of rotatable bonds is 3. The van der Waals surface area contributed by atoms with Gasteiger partial charge in [-0.2, -0.15) is 0 Å². The number of carboxylic acids is 1. The third kappa shape index (κ3) is 2.10. The van der Waals surface area contributed by atoms with Crippen LogP contribution < -0.4 is 5.32 Å². The second-order valence-electron chi connectivity index (χ2n) is 6.49. The Morgan fingerprint density at radius 3 is 2.45 bits per heavy atom. The second-order valence-corrected chi connectivity index (χ2v) is 7.41. The van der Waals surface area contributed by atoms with E-state index in [2.05, 4.69) is 27.3 Å². The van der Waals surface area contributed by atoms with Crippen LogP contribution in [-0.2, 0) is 9.59 Å². The molecule has 1 aromatic rings.